The van der Waals surface area contributed by atoms with E-state index in [1.165, 1.54) is 26.2 Å². The zero-order valence-electron chi connectivity index (χ0n) is 8.18. The second-order valence-electron chi connectivity index (χ2n) is 2.91. The quantitative estimate of drug-likeness (QED) is 0.790. The zero-order chi connectivity index (χ0) is 11.6. The van der Waals surface area contributed by atoms with Crippen LogP contribution in [-0.2, 0) is 0 Å². The molecule has 1 aromatic carbocycles. The Morgan fingerprint density at radius 2 is 2.07 bits per heavy atom. The summed E-state index contributed by atoms with van der Waals surface area (Å²) in [6.07, 6.45) is -2.63. The maximum Gasteiger partial charge on any atom is 0.267 e. The van der Waals surface area contributed by atoms with Crippen molar-refractivity contribution in [3.63, 3.8) is 0 Å². The van der Waals surface area contributed by atoms with Gasteiger partial charge < -0.3 is 4.74 Å². The van der Waals surface area contributed by atoms with Crippen molar-refractivity contribution in [2.75, 3.05) is 7.11 Å². The summed E-state index contributed by atoms with van der Waals surface area (Å²) in [5, 5.41) is 0. The van der Waals surface area contributed by atoms with Gasteiger partial charge in [0.25, 0.3) is 6.43 Å². The number of alkyl halides is 2. The van der Waals surface area contributed by atoms with Crippen LogP contribution in [0.4, 0.5) is 8.78 Å². The topological polar surface area (TPSA) is 26.3 Å². The number of carbonyl (C=O) groups is 1. The van der Waals surface area contributed by atoms with E-state index in [-0.39, 0.29) is 21.6 Å². The molecule has 0 aliphatic carbocycles. The summed E-state index contributed by atoms with van der Waals surface area (Å²) >= 11 is 3.08. The summed E-state index contributed by atoms with van der Waals surface area (Å²) in [5.74, 6) is -0.196. The monoisotopic (exact) mass is 278 g/mol. The molecule has 2 nitrogen and oxygen atoms in total. The number of ketones is 1. The van der Waals surface area contributed by atoms with Gasteiger partial charge in [0.2, 0.25) is 0 Å². The second kappa shape index (κ2) is 4.70. The van der Waals surface area contributed by atoms with Gasteiger partial charge in [-0.25, -0.2) is 8.78 Å². The average molecular weight is 279 g/mol. The fourth-order valence-electron chi connectivity index (χ4n) is 1.22. The SMILES string of the molecule is COc1c(C(F)F)ccc(C(C)=O)c1Br. The van der Waals surface area contributed by atoms with Crippen LogP contribution in [0.2, 0.25) is 0 Å². The van der Waals surface area contributed by atoms with Crippen LogP contribution in [0, 0.1) is 0 Å². The van der Waals surface area contributed by atoms with Crippen molar-refractivity contribution in [3.8, 4) is 5.75 Å². The Bertz CT molecular complexity index is 391. The number of hydrogen-bond acceptors (Lipinski definition) is 2. The largest absolute Gasteiger partial charge is 0.495 e. The summed E-state index contributed by atoms with van der Waals surface area (Å²) in [6, 6.07) is 2.56. The van der Waals surface area contributed by atoms with Crippen LogP contribution in [-0.4, -0.2) is 12.9 Å². The number of benzene rings is 1. The highest BCUT2D eigenvalue weighted by Crippen LogP contribution is 2.37. The number of methoxy groups -OCH3 is 1. The molecular weight excluding hydrogens is 270 g/mol. The molecule has 0 spiro atoms. The van der Waals surface area contributed by atoms with Crippen LogP contribution in [0.5, 0.6) is 5.75 Å². The molecule has 0 aromatic heterocycles. The normalized spacial score (nSPS) is 10.5. The van der Waals surface area contributed by atoms with Gasteiger partial charge in [0.05, 0.1) is 17.1 Å². The molecule has 0 bridgehead atoms. The van der Waals surface area contributed by atoms with Crippen LogP contribution in [0.1, 0.15) is 29.3 Å². The van der Waals surface area contributed by atoms with E-state index in [2.05, 4.69) is 15.9 Å². The number of ether oxygens (including phenoxy) is 1. The van der Waals surface area contributed by atoms with Gasteiger partial charge in [0, 0.05) is 5.56 Å². The minimum atomic E-state index is -2.63. The van der Waals surface area contributed by atoms with Crippen LogP contribution >= 0.6 is 15.9 Å². The molecule has 0 fully saturated rings. The van der Waals surface area contributed by atoms with E-state index in [0.29, 0.717) is 5.56 Å². The van der Waals surface area contributed by atoms with Gasteiger partial charge in [-0.05, 0) is 35.0 Å². The fraction of sp³-hybridized carbons (Fsp3) is 0.300. The molecule has 0 aliphatic heterocycles. The number of Topliss-reactive ketones (excluding diaryl/α,β-unsaturated/α-hetero) is 1. The Balaban J connectivity index is 3.39. The van der Waals surface area contributed by atoms with Crippen LogP contribution in [0.15, 0.2) is 16.6 Å². The van der Waals surface area contributed by atoms with Crippen molar-refractivity contribution in [2.24, 2.45) is 0 Å². The van der Waals surface area contributed by atoms with Gasteiger partial charge in [0.1, 0.15) is 5.75 Å². The van der Waals surface area contributed by atoms with Gasteiger partial charge >= 0.3 is 0 Å². The van der Waals surface area contributed by atoms with E-state index in [1.807, 2.05) is 0 Å². The third kappa shape index (κ3) is 2.34. The average Bonchev–Trinajstić information content (AvgIpc) is 2.16. The minimum Gasteiger partial charge on any atom is -0.495 e. The number of halogens is 3. The fourth-order valence-corrected chi connectivity index (χ4v) is 2.02. The Hall–Kier alpha value is -0.970. The smallest absolute Gasteiger partial charge is 0.267 e. The molecule has 0 amide bonds. The van der Waals surface area contributed by atoms with Gasteiger partial charge in [-0.15, -0.1) is 0 Å². The Morgan fingerprint density at radius 1 is 1.47 bits per heavy atom. The van der Waals surface area contributed by atoms with Crippen molar-refractivity contribution < 1.29 is 18.3 Å². The minimum absolute atomic E-state index is 0.0118. The second-order valence-corrected chi connectivity index (χ2v) is 3.70. The predicted molar refractivity (Wildman–Crippen MR) is 55.7 cm³/mol. The zero-order valence-corrected chi connectivity index (χ0v) is 9.77. The molecule has 15 heavy (non-hydrogen) atoms. The van der Waals surface area contributed by atoms with Gasteiger partial charge in [-0.1, -0.05) is 0 Å². The molecule has 82 valence electrons. The molecule has 0 heterocycles. The maximum absolute atomic E-state index is 12.5. The number of hydrogen-bond donors (Lipinski definition) is 0. The van der Waals surface area contributed by atoms with Crippen LogP contribution in [0.3, 0.4) is 0 Å². The lowest BCUT2D eigenvalue weighted by atomic mass is 10.1. The summed E-state index contributed by atoms with van der Waals surface area (Å²) in [5.41, 5.74) is 0.102. The number of carbonyl (C=O) groups excluding carboxylic acids is 1. The van der Waals surface area contributed by atoms with Crippen molar-refractivity contribution in [1.29, 1.82) is 0 Å². The molecule has 0 radical (unpaired) electrons. The van der Waals surface area contributed by atoms with Crippen LogP contribution < -0.4 is 4.74 Å². The Morgan fingerprint density at radius 3 is 2.47 bits per heavy atom. The lowest BCUT2D eigenvalue weighted by Gasteiger charge is -2.11. The first-order valence-electron chi connectivity index (χ1n) is 4.14. The highest BCUT2D eigenvalue weighted by molar-refractivity contribution is 9.10. The molecule has 0 unspecified atom stereocenters. The summed E-state index contributed by atoms with van der Waals surface area (Å²) in [4.78, 5) is 11.1. The number of rotatable bonds is 3. The Labute approximate surface area is 94.4 Å². The summed E-state index contributed by atoms with van der Waals surface area (Å²) in [6.45, 7) is 1.36. The van der Waals surface area contributed by atoms with E-state index < -0.39 is 6.43 Å². The first kappa shape index (κ1) is 12.1. The molecule has 0 aliphatic rings. The predicted octanol–water partition coefficient (Wildman–Crippen LogP) is 3.60. The van der Waals surface area contributed by atoms with Crippen molar-refractivity contribution in [2.45, 2.75) is 13.3 Å². The van der Waals surface area contributed by atoms with E-state index in [4.69, 9.17) is 4.74 Å². The molecular formula is C10H9BrF2O2. The van der Waals surface area contributed by atoms with Crippen LogP contribution in [0.25, 0.3) is 0 Å². The molecule has 1 rings (SSSR count). The first-order chi connectivity index (χ1) is 6.99. The lowest BCUT2D eigenvalue weighted by Crippen LogP contribution is -2.00. The molecule has 5 heteroatoms. The highest BCUT2D eigenvalue weighted by Gasteiger charge is 2.19. The lowest BCUT2D eigenvalue weighted by molar-refractivity contribution is 0.101. The van der Waals surface area contributed by atoms with Crippen molar-refractivity contribution in [3.05, 3.63) is 27.7 Å². The standard InChI is InChI=1S/C10H9BrF2O2/c1-5(14)6-3-4-7(10(12)13)9(15-2)8(6)11/h3-4,10H,1-2H3. The molecule has 1 aromatic rings. The maximum atomic E-state index is 12.5. The highest BCUT2D eigenvalue weighted by atomic mass is 79.9. The van der Waals surface area contributed by atoms with E-state index >= 15 is 0 Å². The van der Waals surface area contributed by atoms with Gasteiger partial charge in [0.15, 0.2) is 5.78 Å². The third-order valence-electron chi connectivity index (χ3n) is 1.95. The van der Waals surface area contributed by atoms with E-state index in [0.717, 1.165) is 0 Å². The van der Waals surface area contributed by atoms with Crippen molar-refractivity contribution >= 4 is 21.7 Å². The van der Waals surface area contributed by atoms with E-state index in [1.54, 1.807) is 0 Å². The third-order valence-corrected chi connectivity index (χ3v) is 2.73. The summed E-state index contributed by atoms with van der Waals surface area (Å²) in [7, 11) is 1.29. The van der Waals surface area contributed by atoms with E-state index in [9.17, 15) is 13.6 Å². The molecule has 0 saturated heterocycles. The molecule has 0 saturated carbocycles. The van der Waals surface area contributed by atoms with Crippen molar-refractivity contribution in [1.82, 2.24) is 0 Å². The Kier molecular flexibility index (Phi) is 3.79. The van der Waals surface area contributed by atoms with Gasteiger partial charge in [-0.3, -0.25) is 4.79 Å². The first-order valence-corrected chi connectivity index (χ1v) is 4.93. The molecule has 0 atom stereocenters. The van der Waals surface area contributed by atoms with Gasteiger partial charge in [-0.2, -0.15) is 0 Å². The molecule has 0 N–H and O–H groups in total. The summed E-state index contributed by atoms with van der Waals surface area (Å²) < 4.78 is 30.2.